The summed E-state index contributed by atoms with van der Waals surface area (Å²) < 4.78 is 5.43. The Morgan fingerprint density at radius 2 is 1.82 bits per heavy atom. The minimum absolute atomic E-state index is 0. The largest absolute Gasteiger partial charge is 0.379 e. The number of amides is 1. The topological polar surface area (TPSA) is 78.0 Å². The van der Waals surface area contributed by atoms with Crippen LogP contribution in [-0.2, 0) is 22.6 Å². The van der Waals surface area contributed by atoms with E-state index >= 15 is 0 Å². The van der Waals surface area contributed by atoms with Gasteiger partial charge in [0.25, 0.3) is 0 Å². The standard InChI is InChI=1S/C20H33N5O2.HI/c1-3-9-22-19(26)8-10-23-20(21-2)24-15-17-6-4-5-7-18(17)16-25-11-13-27-14-12-25;/h4-7H,3,8-16H2,1-2H3,(H,22,26)(H2,21,23,24);1H. The van der Waals surface area contributed by atoms with Gasteiger partial charge in [0.15, 0.2) is 5.96 Å². The van der Waals surface area contributed by atoms with Crippen LogP contribution in [0.2, 0.25) is 0 Å². The van der Waals surface area contributed by atoms with Gasteiger partial charge in [0, 0.05) is 52.7 Å². The van der Waals surface area contributed by atoms with Crippen molar-refractivity contribution in [2.45, 2.75) is 32.9 Å². The highest BCUT2D eigenvalue weighted by Gasteiger charge is 2.12. The summed E-state index contributed by atoms with van der Waals surface area (Å²) in [6, 6.07) is 8.48. The molecule has 0 aromatic heterocycles. The van der Waals surface area contributed by atoms with E-state index in [0.29, 0.717) is 25.5 Å². The molecule has 1 aromatic carbocycles. The Labute approximate surface area is 185 Å². The Morgan fingerprint density at radius 1 is 1.11 bits per heavy atom. The summed E-state index contributed by atoms with van der Waals surface area (Å²) in [6.45, 7) is 8.53. The van der Waals surface area contributed by atoms with E-state index < -0.39 is 0 Å². The third kappa shape index (κ3) is 9.20. The van der Waals surface area contributed by atoms with E-state index in [0.717, 1.165) is 45.8 Å². The van der Waals surface area contributed by atoms with Crippen LogP contribution < -0.4 is 16.0 Å². The molecule has 1 aliphatic heterocycles. The van der Waals surface area contributed by atoms with Crippen LogP contribution in [0.25, 0.3) is 0 Å². The van der Waals surface area contributed by atoms with E-state index in [2.05, 4.69) is 50.1 Å². The fourth-order valence-electron chi connectivity index (χ4n) is 2.93. The second-order valence-corrected chi connectivity index (χ2v) is 6.61. The fourth-order valence-corrected chi connectivity index (χ4v) is 2.93. The molecule has 8 heteroatoms. The van der Waals surface area contributed by atoms with Crippen LogP contribution in [0.4, 0.5) is 0 Å². The number of benzene rings is 1. The van der Waals surface area contributed by atoms with Gasteiger partial charge in [-0.3, -0.25) is 14.7 Å². The number of guanidine groups is 1. The molecule has 1 aromatic rings. The van der Waals surface area contributed by atoms with Crippen LogP contribution in [0.3, 0.4) is 0 Å². The highest BCUT2D eigenvalue weighted by molar-refractivity contribution is 14.0. The number of morpholine rings is 1. The van der Waals surface area contributed by atoms with Gasteiger partial charge in [-0.15, -0.1) is 24.0 Å². The predicted octanol–water partition coefficient (Wildman–Crippen LogP) is 1.72. The lowest BCUT2D eigenvalue weighted by atomic mass is 10.1. The number of hydrogen-bond donors (Lipinski definition) is 3. The summed E-state index contributed by atoms with van der Waals surface area (Å²) in [7, 11) is 1.74. The lowest BCUT2D eigenvalue weighted by Gasteiger charge is -2.27. The number of carbonyl (C=O) groups is 1. The number of hydrogen-bond acceptors (Lipinski definition) is 4. The lowest BCUT2D eigenvalue weighted by Crippen LogP contribution is -2.39. The van der Waals surface area contributed by atoms with Gasteiger partial charge in [0.1, 0.15) is 0 Å². The molecule has 0 spiro atoms. The molecule has 0 bridgehead atoms. The maximum atomic E-state index is 11.7. The molecule has 1 heterocycles. The molecule has 0 unspecified atom stereocenters. The second kappa shape index (κ2) is 14.6. The van der Waals surface area contributed by atoms with Gasteiger partial charge >= 0.3 is 0 Å². The van der Waals surface area contributed by atoms with E-state index in [4.69, 9.17) is 4.74 Å². The van der Waals surface area contributed by atoms with Crippen molar-refractivity contribution < 1.29 is 9.53 Å². The number of nitrogens with zero attached hydrogens (tertiary/aromatic N) is 2. The summed E-state index contributed by atoms with van der Waals surface area (Å²) in [4.78, 5) is 18.3. The predicted molar refractivity (Wildman–Crippen MR) is 124 cm³/mol. The second-order valence-electron chi connectivity index (χ2n) is 6.61. The van der Waals surface area contributed by atoms with Gasteiger partial charge in [0.05, 0.1) is 13.2 Å². The molecule has 28 heavy (non-hydrogen) atoms. The van der Waals surface area contributed by atoms with Crippen molar-refractivity contribution in [3.63, 3.8) is 0 Å². The molecule has 3 N–H and O–H groups in total. The van der Waals surface area contributed by atoms with Crippen molar-refractivity contribution in [2.24, 2.45) is 4.99 Å². The molecule has 0 atom stereocenters. The molecular weight excluding hydrogens is 469 g/mol. The molecule has 0 radical (unpaired) electrons. The van der Waals surface area contributed by atoms with Crippen LogP contribution in [-0.4, -0.2) is 63.2 Å². The van der Waals surface area contributed by atoms with E-state index in [9.17, 15) is 4.79 Å². The molecule has 0 aliphatic carbocycles. The fraction of sp³-hybridized carbons (Fsp3) is 0.600. The number of nitrogens with one attached hydrogen (secondary N) is 3. The van der Waals surface area contributed by atoms with Gasteiger partial charge < -0.3 is 20.7 Å². The average Bonchev–Trinajstić information content (AvgIpc) is 2.70. The van der Waals surface area contributed by atoms with Crippen molar-refractivity contribution in [3.8, 4) is 0 Å². The van der Waals surface area contributed by atoms with Crippen molar-refractivity contribution in [3.05, 3.63) is 35.4 Å². The smallest absolute Gasteiger partial charge is 0.221 e. The third-order valence-electron chi connectivity index (χ3n) is 4.50. The Hall–Kier alpha value is -1.39. The number of carbonyl (C=O) groups excluding carboxylic acids is 1. The first kappa shape index (κ1) is 24.6. The highest BCUT2D eigenvalue weighted by Crippen LogP contribution is 2.12. The van der Waals surface area contributed by atoms with Crippen LogP contribution in [0.5, 0.6) is 0 Å². The summed E-state index contributed by atoms with van der Waals surface area (Å²) >= 11 is 0. The Balaban J connectivity index is 0.00000392. The minimum Gasteiger partial charge on any atom is -0.379 e. The number of rotatable bonds is 9. The Kier molecular flexibility index (Phi) is 12.8. The molecule has 1 saturated heterocycles. The minimum atomic E-state index is 0. The average molecular weight is 503 g/mol. The van der Waals surface area contributed by atoms with Crippen LogP contribution in [0, 0.1) is 0 Å². The molecule has 1 aliphatic rings. The van der Waals surface area contributed by atoms with E-state index in [1.807, 2.05) is 6.92 Å². The molecule has 0 saturated carbocycles. The van der Waals surface area contributed by atoms with Gasteiger partial charge in [-0.25, -0.2) is 0 Å². The van der Waals surface area contributed by atoms with E-state index in [1.165, 1.54) is 11.1 Å². The van der Waals surface area contributed by atoms with Crippen LogP contribution in [0.15, 0.2) is 29.3 Å². The summed E-state index contributed by atoms with van der Waals surface area (Å²) in [5.74, 6) is 0.773. The normalized spacial score (nSPS) is 14.9. The zero-order valence-electron chi connectivity index (χ0n) is 17.0. The Morgan fingerprint density at radius 3 is 2.50 bits per heavy atom. The SMILES string of the molecule is CCCNC(=O)CCNC(=NC)NCc1ccccc1CN1CCOCC1.I. The van der Waals surface area contributed by atoms with Crippen molar-refractivity contribution in [2.75, 3.05) is 46.4 Å². The quantitative estimate of drug-likeness (QED) is 0.272. The first-order chi connectivity index (χ1) is 13.2. The van der Waals surface area contributed by atoms with Crippen molar-refractivity contribution in [1.82, 2.24) is 20.9 Å². The first-order valence-corrected chi connectivity index (χ1v) is 9.81. The summed E-state index contributed by atoms with van der Waals surface area (Å²) in [6.07, 6.45) is 1.39. The molecule has 158 valence electrons. The lowest BCUT2D eigenvalue weighted by molar-refractivity contribution is -0.120. The van der Waals surface area contributed by atoms with Gasteiger partial charge in [0.2, 0.25) is 5.91 Å². The van der Waals surface area contributed by atoms with Crippen molar-refractivity contribution in [1.29, 1.82) is 0 Å². The van der Waals surface area contributed by atoms with Crippen LogP contribution >= 0.6 is 24.0 Å². The monoisotopic (exact) mass is 503 g/mol. The number of halogens is 1. The Bertz CT molecular complexity index is 606. The van der Waals surface area contributed by atoms with E-state index in [1.54, 1.807) is 7.05 Å². The van der Waals surface area contributed by atoms with Crippen molar-refractivity contribution >= 4 is 35.8 Å². The molecule has 7 nitrogen and oxygen atoms in total. The van der Waals surface area contributed by atoms with Gasteiger partial charge in [-0.2, -0.15) is 0 Å². The molecule has 1 fully saturated rings. The summed E-state index contributed by atoms with van der Waals surface area (Å²) in [5, 5.41) is 9.42. The van der Waals surface area contributed by atoms with Gasteiger partial charge in [-0.1, -0.05) is 31.2 Å². The zero-order valence-corrected chi connectivity index (χ0v) is 19.3. The zero-order chi connectivity index (χ0) is 19.3. The number of aliphatic imine (C=N–C) groups is 1. The molecule has 1 amide bonds. The maximum absolute atomic E-state index is 11.7. The molecule has 2 rings (SSSR count). The van der Waals surface area contributed by atoms with Crippen LogP contribution in [0.1, 0.15) is 30.9 Å². The molecular formula is C20H34IN5O2. The highest BCUT2D eigenvalue weighted by atomic mass is 127. The number of ether oxygens (including phenoxy) is 1. The van der Waals surface area contributed by atoms with Gasteiger partial charge in [-0.05, 0) is 17.5 Å². The van der Waals surface area contributed by atoms with E-state index in [-0.39, 0.29) is 29.9 Å². The third-order valence-corrected chi connectivity index (χ3v) is 4.50. The summed E-state index contributed by atoms with van der Waals surface area (Å²) in [5.41, 5.74) is 2.58. The first-order valence-electron chi connectivity index (χ1n) is 9.81. The maximum Gasteiger partial charge on any atom is 0.221 e.